The number of amides is 1. The van der Waals surface area contributed by atoms with Crippen molar-refractivity contribution in [2.24, 2.45) is 0 Å². The molecule has 0 saturated heterocycles. The largest absolute Gasteiger partial charge is 0.485 e. The standard InChI is InChI=1S/C26H27NO7S/c1-5-9-17-10-7-8-11-19(17)33-15-18-12-13-20(34-18)23(28)27-24-21(25(29)32-14-6-2)16(3)22(35-24)26(30)31-4/h5,7-8,10-13H,1,6,9,14-15H2,2-4H3,(H,27,28). The molecule has 2 aromatic heterocycles. The second-order valence-electron chi connectivity index (χ2n) is 7.50. The number of anilines is 1. The molecule has 2 heterocycles. The quantitative estimate of drug-likeness (QED) is 0.273. The molecule has 1 N–H and O–H groups in total. The highest BCUT2D eigenvalue weighted by Crippen LogP contribution is 2.34. The van der Waals surface area contributed by atoms with Crippen LogP contribution in [0.15, 0.2) is 53.5 Å². The summed E-state index contributed by atoms with van der Waals surface area (Å²) < 4.78 is 21.5. The highest BCUT2D eigenvalue weighted by atomic mass is 32.1. The van der Waals surface area contributed by atoms with E-state index in [4.69, 9.17) is 18.6 Å². The maximum absolute atomic E-state index is 12.9. The SMILES string of the molecule is C=CCc1ccccc1OCc1ccc(C(=O)Nc2sc(C(=O)OC)c(C)c2C(=O)OCCC)o1. The summed E-state index contributed by atoms with van der Waals surface area (Å²) in [6.07, 6.45) is 3.09. The minimum absolute atomic E-state index is 0.0292. The third-order valence-electron chi connectivity index (χ3n) is 4.98. The van der Waals surface area contributed by atoms with Crippen LogP contribution in [-0.2, 0) is 22.5 Å². The van der Waals surface area contributed by atoms with Gasteiger partial charge in [0.2, 0.25) is 0 Å². The number of allylic oxidation sites excluding steroid dienone is 1. The monoisotopic (exact) mass is 497 g/mol. The first-order valence-corrected chi connectivity index (χ1v) is 11.8. The van der Waals surface area contributed by atoms with Gasteiger partial charge in [0.25, 0.3) is 5.91 Å². The lowest BCUT2D eigenvalue weighted by Crippen LogP contribution is -2.14. The second kappa shape index (κ2) is 12.0. The van der Waals surface area contributed by atoms with Crippen LogP contribution in [0.3, 0.4) is 0 Å². The molecule has 0 aliphatic heterocycles. The summed E-state index contributed by atoms with van der Waals surface area (Å²) in [4.78, 5) is 37.8. The molecule has 1 aromatic carbocycles. The topological polar surface area (TPSA) is 104 Å². The van der Waals surface area contributed by atoms with Gasteiger partial charge in [0.05, 0.1) is 19.3 Å². The van der Waals surface area contributed by atoms with Gasteiger partial charge in [0.1, 0.15) is 28.0 Å². The lowest BCUT2D eigenvalue weighted by Gasteiger charge is -2.09. The molecule has 1 amide bonds. The molecule has 0 atom stereocenters. The maximum atomic E-state index is 12.9. The number of nitrogens with one attached hydrogen (secondary N) is 1. The molecule has 0 fully saturated rings. The van der Waals surface area contributed by atoms with Crippen LogP contribution in [0.4, 0.5) is 5.00 Å². The minimum Gasteiger partial charge on any atom is -0.485 e. The highest BCUT2D eigenvalue weighted by Gasteiger charge is 2.28. The van der Waals surface area contributed by atoms with Gasteiger partial charge in [-0.05, 0) is 49.1 Å². The van der Waals surface area contributed by atoms with E-state index in [1.807, 2.05) is 31.2 Å². The summed E-state index contributed by atoms with van der Waals surface area (Å²) in [6, 6.07) is 10.8. The van der Waals surface area contributed by atoms with Crippen molar-refractivity contribution in [1.82, 2.24) is 0 Å². The van der Waals surface area contributed by atoms with Gasteiger partial charge in [-0.25, -0.2) is 9.59 Å². The predicted molar refractivity (Wildman–Crippen MR) is 132 cm³/mol. The number of thiophene rings is 1. The first kappa shape index (κ1) is 25.8. The zero-order valence-corrected chi connectivity index (χ0v) is 20.7. The maximum Gasteiger partial charge on any atom is 0.348 e. The Hall–Kier alpha value is -3.85. The molecular weight excluding hydrogens is 470 g/mol. The van der Waals surface area contributed by atoms with Crippen molar-refractivity contribution in [3.63, 3.8) is 0 Å². The number of hydrogen-bond acceptors (Lipinski definition) is 8. The first-order chi connectivity index (χ1) is 16.9. The molecule has 0 radical (unpaired) electrons. The van der Waals surface area contributed by atoms with Gasteiger partial charge >= 0.3 is 11.9 Å². The number of carbonyl (C=O) groups excluding carboxylic acids is 3. The smallest absolute Gasteiger partial charge is 0.348 e. The number of para-hydroxylation sites is 1. The van der Waals surface area contributed by atoms with Crippen molar-refractivity contribution in [3.05, 3.63) is 82.1 Å². The van der Waals surface area contributed by atoms with Gasteiger partial charge in [-0.15, -0.1) is 17.9 Å². The number of benzene rings is 1. The number of esters is 2. The third-order valence-corrected chi connectivity index (χ3v) is 6.17. The third kappa shape index (κ3) is 6.19. The summed E-state index contributed by atoms with van der Waals surface area (Å²) in [5.41, 5.74) is 1.49. The van der Waals surface area contributed by atoms with E-state index < -0.39 is 17.8 Å². The van der Waals surface area contributed by atoms with Crippen molar-refractivity contribution in [2.75, 3.05) is 19.0 Å². The van der Waals surface area contributed by atoms with Crippen LogP contribution in [0.5, 0.6) is 5.75 Å². The second-order valence-corrected chi connectivity index (χ2v) is 8.52. The Bertz CT molecular complexity index is 1220. The summed E-state index contributed by atoms with van der Waals surface area (Å²) in [6.45, 7) is 7.57. The lowest BCUT2D eigenvalue weighted by molar-refractivity contribution is 0.0506. The van der Waals surface area contributed by atoms with E-state index in [0.29, 0.717) is 29.9 Å². The van der Waals surface area contributed by atoms with Crippen LogP contribution < -0.4 is 10.1 Å². The number of hydrogen-bond donors (Lipinski definition) is 1. The zero-order valence-electron chi connectivity index (χ0n) is 19.8. The van der Waals surface area contributed by atoms with E-state index in [0.717, 1.165) is 16.9 Å². The van der Waals surface area contributed by atoms with Crippen LogP contribution in [-0.4, -0.2) is 31.6 Å². The van der Waals surface area contributed by atoms with Crippen LogP contribution in [0.1, 0.15) is 60.8 Å². The molecule has 35 heavy (non-hydrogen) atoms. The summed E-state index contributed by atoms with van der Waals surface area (Å²) >= 11 is 0.942. The number of methoxy groups -OCH3 is 1. The van der Waals surface area contributed by atoms with E-state index in [1.165, 1.54) is 13.2 Å². The van der Waals surface area contributed by atoms with Crippen molar-refractivity contribution >= 4 is 34.2 Å². The average molecular weight is 498 g/mol. The summed E-state index contributed by atoms with van der Waals surface area (Å²) in [5.74, 6) is -0.630. The van der Waals surface area contributed by atoms with E-state index in [9.17, 15) is 14.4 Å². The Balaban J connectivity index is 1.76. The molecule has 9 heteroatoms. The fourth-order valence-electron chi connectivity index (χ4n) is 3.26. The Morgan fingerprint density at radius 2 is 1.91 bits per heavy atom. The van der Waals surface area contributed by atoms with Crippen LogP contribution >= 0.6 is 11.3 Å². The molecule has 8 nitrogen and oxygen atoms in total. The van der Waals surface area contributed by atoms with Crippen molar-refractivity contribution in [2.45, 2.75) is 33.3 Å². The van der Waals surface area contributed by atoms with E-state index >= 15 is 0 Å². The molecule has 0 aliphatic carbocycles. The average Bonchev–Trinajstić information content (AvgIpc) is 3.46. The summed E-state index contributed by atoms with van der Waals surface area (Å²) in [7, 11) is 1.25. The summed E-state index contributed by atoms with van der Waals surface area (Å²) in [5, 5.41) is 2.84. The minimum atomic E-state index is -0.627. The number of rotatable bonds is 11. The van der Waals surface area contributed by atoms with Gasteiger partial charge in [-0.3, -0.25) is 4.79 Å². The van der Waals surface area contributed by atoms with Gasteiger partial charge in [-0.2, -0.15) is 0 Å². The lowest BCUT2D eigenvalue weighted by atomic mass is 10.1. The Morgan fingerprint density at radius 1 is 1.14 bits per heavy atom. The zero-order chi connectivity index (χ0) is 25.4. The molecule has 0 saturated carbocycles. The fourth-order valence-corrected chi connectivity index (χ4v) is 4.37. The molecular formula is C26H27NO7S. The van der Waals surface area contributed by atoms with Crippen LogP contribution in [0, 0.1) is 6.92 Å². The number of carbonyl (C=O) groups is 3. The molecule has 0 aliphatic rings. The normalized spacial score (nSPS) is 10.5. The molecule has 0 bridgehead atoms. The van der Waals surface area contributed by atoms with Crippen LogP contribution in [0.2, 0.25) is 0 Å². The fraction of sp³-hybridized carbons (Fsp3) is 0.269. The number of ether oxygens (including phenoxy) is 3. The Morgan fingerprint density at radius 3 is 2.63 bits per heavy atom. The molecule has 3 rings (SSSR count). The Kier molecular flexibility index (Phi) is 8.86. The molecule has 184 valence electrons. The van der Waals surface area contributed by atoms with Crippen molar-refractivity contribution < 1.29 is 33.0 Å². The van der Waals surface area contributed by atoms with Crippen LogP contribution in [0.25, 0.3) is 0 Å². The van der Waals surface area contributed by atoms with Gasteiger partial charge in [-0.1, -0.05) is 31.2 Å². The van der Waals surface area contributed by atoms with Gasteiger partial charge < -0.3 is 23.9 Å². The van der Waals surface area contributed by atoms with Crippen molar-refractivity contribution in [1.29, 1.82) is 0 Å². The predicted octanol–water partition coefficient (Wildman–Crippen LogP) is 5.56. The van der Waals surface area contributed by atoms with Crippen molar-refractivity contribution in [3.8, 4) is 5.75 Å². The number of furan rings is 1. The van der Waals surface area contributed by atoms with E-state index in [-0.39, 0.29) is 34.4 Å². The van der Waals surface area contributed by atoms with E-state index in [1.54, 1.807) is 19.1 Å². The Labute approximate surface area is 207 Å². The molecule has 3 aromatic rings. The van der Waals surface area contributed by atoms with Gasteiger partial charge in [0, 0.05) is 0 Å². The van der Waals surface area contributed by atoms with Gasteiger partial charge in [0.15, 0.2) is 5.76 Å². The first-order valence-electron chi connectivity index (χ1n) is 11.0. The van der Waals surface area contributed by atoms with E-state index in [2.05, 4.69) is 11.9 Å². The molecule has 0 unspecified atom stereocenters. The highest BCUT2D eigenvalue weighted by molar-refractivity contribution is 7.18. The molecule has 0 spiro atoms.